The number of nitrogens with one attached hydrogen (secondary N) is 1. The third-order valence-electron chi connectivity index (χ3n) is 3.22. The van der Waals surface area contributed by atoms with Crippen LogP contribution in [0.1, 0.15) is 60.4 Å². The molecule has 0 saturated carbocycles. The van der Waals surface area contributed by atoms with E-state index < -0.39 is 0 Å². The molecule has 1 atom stereocenters. The third-order valence-corrected chi connectivity index (χ3v) is 4.49. The van der Waals surface area contributed by atoms with E-state index in [0.29, 0.717) is 6.04 Å². The number of aryl methyl sites for hydroxylation is 2. The van der Waals surface area contributed by atoms with Crippen LogP contribution in [0.25, 0.3) is 0 Å². The summed E-state index contributed by atoms with van der Waals surface area (Å²) in [6.07, 6.45) is 6.68. The number of hydrogen-bond donors (Lipinski definition) is 1. The van der Waals surface area contributed by atoms with Gasteiger partial charge in [0.05, 0.1) is 0 Å². The van der Waals surface area contributed by atoms with Gasteiger partial charge in [-0.25, -0.2) is 0 Å². The Labute approximate surface area is 104 Å². The van der Waals surface area contributed by atoms with Crippen molar-refractivity contribution in [3.8, 4) is 0 Å². The molecule has 1 N–H and O–H groups in total. The Morgan fingerprint density at radius 3 is 2.50 bits per heavy atom. The fourth-order valence-electron chi connectivity index (χ4n) is 1.98. The van der Waals surface area contributed by atoms with Gasteiger partial charge in [-0.1, -0.05) is 32.6 Å². The van der Waals surface area contributed by atoms with Gasteiger partial charge in [-0.2, -0.15) is 0 Å². The highest BCUT2D eigenvalue weighted by Crippen LogP contribution is 2.29. The standard InChI is InChI=1S/C14H25NS/c1-5-6-7-8-9-13(15-4)14-10-11(2)12(3)16-14/h10,13,15H,5-9H2,1-4H3. The summed E-state index contributed by atoms with van der Waals surface area (Å²) >= 11 is 1.95. The lowest BCUT2D eigenvalue weighted by Gasteiger charge is -2.14. The van der Waals surface area contributed by atoms with Gasteiger partial charge in [-0.15, -0.1) is 11.3 Å². The topological polar surface area (TPSA) is 12.0 Å². The molecule has 0 fully saturated rings. The number of unbranched alkanes of at least 4 members (excludes halogenated alkanes) is 3. The van der Waals surface area contributed by atoms with Crippen molar-refractivity contribution in [1.29, 1.82) is 0 Å². The highest BCUT2D eigenvalue weighted by Gasteiger charge is 2.12. The molecule has 92 valence electrons. The van der Waals surface area contributed by atoms with Crippen molar-refractivity contribution in [3.05, 3.63) is 21.4 Å². The molecule has 2 heteroatoms. The average Bonchev–Trinajstić information content (AvgIpc) is 2.59. The van der Waals surface area contributed by atoms with Gasteiger partial charge < -0.3 is 5.32 Å². The van der Waals surface area contributed by atoms with E-state index in [1.165, 1.54) is 47.4 Å². The maximum absolute atomic E-state index is 3.45. The molecule has 0 aromatic carbocycles. The molecule has 0 saturated heterocycles. The van der Waals surface area contributed by atoms with Crippen LogP contribution in [0.2, 0.25) is 0 Å². The van der Waals surface area contributed by atoms with Crippen molar-refractivity contribution in [1.82, 2.24) is 5.32 Å². The largest absolute Gasteiger partial charge is 0.312 e. The van der Waals surface area contributed by atoms with E-state index in [4.69, 9.17) is 0 Å². The van der Waals surface area contributed by atoms with Crippen molar-refractivity contribution in [2.45, 2.75) is 58.9 Å². The Balaban J connectivity index is 2.47. The van der Waals surface area contributed by atoms with E-state index in [-0.39, 0.29) is 0 Å². The SMILES string of the molecule is CCCCCCC(NC)c1cc(C)c(C)s1. The zero-order chi connectivity index (χ0) is 12.0. The van der Waals surface area contributed by atoms with Gasteiger partial charge in [-0.05, 0) is 38.9 Å². The molecule has 1 heterocycles. The number of hydrogen-bond acceptors (Lipinski definition) is 2. The van der Waals surface area contributed by atoms with Gasteiger partial charge in [0, 0.05) is 15.8 Å². The molecule has 0 spiro atoms. The molecular weight excluding hydrogens is 214 g/mol. The van der Waals surface area contributed by atoms with Crippen LogP contribution < -0.4 is 5.32 Å². The lowest BCUT2D eigenvalue weighted by Crippen LogP contribution is -2.14. The van der Waals surface area contributed by atoms with E-state index in [2.05, 4.69) is 39.2 Å². The molecule has 0 radical (unpaired) electrons. The first kappa shape index (κ1) is 13.7. The Morgan fingerprint density at radius 1 is 1.25 bits per heavy atom. The lowest BCUT2D eigenvalue weighted by atomic mass is 10.1. The average molecular weight is 239 g/mol. The second kappa shape index (κ2) is 7.08. The van der Waals surface area contributed by atoms with Gasteiger partial charge >= 0.3 is 0 Å². The van der Waals surface area contributed by atoms with Crippen LogP contribution in [0.5, 0.6) is 0 Å². The summed E-state index contributed by atoms with van der Waals surface area (Å²) in [5, 5.41) is 3.45. The summed E-state index contributed by atoms with van der Waals surface area (Å²) in [5.74, 6) is 0. The summed E-state index contributed by atoms with van der Waals surface area (Å²) in [5.41, 5.74) is 1.44. The normalized spacial score (nSPS) is 13.0. The molecule has 16 heavy (non-hydrogen) atoms. The molecule has 0 aliphatic rings. The maximum atomic E-state index is 3.45. The van der Waals surface area contributed by atoms with Crippen molar-refractivity contribution in [3.63, 3.8) is 0 Å². The first-order chi connectivity index (χ1) is 7.69. The molecule has 1 unspecified atom stereocenters. The maximum Gasteiger partial charge on any atom is 0.0412 e. The Morgan fingerprint density at radius 2 is 2.00 bits per heavy atom. The van der Waals surface area contributed by atoms with Gasteiger partial charge in [0.25, 0.3) is 0 Å². The predicted octanol–water partition coefficient (Wildman–Crippen LogP) is 4.60. The Bertz CT molecular complexity index is 284. The molecule has 1 aromatic heterocycles. The minimum Gasteiger partial charge on any atom is -0.312 e. The molecule has 1 rings (SSSR count). The van der Waals surface area contributed by atoms with Crippen LogP contribution in [0.15, 0.2) is 6.07 Å². The molecule has 0 bridgehead atoms. The van der Waals surface area contributed by atoms with Crippen LogP contribution in [0.3, 0.4) is 0 Å². The zero-order valence-corrected chi connectivity index (χ0v) is 11.9. The summed E-state index contributed by atoms with van der Waals surface area (Å²) in [6, 6.07) is 2.91. The minimum atomic E-state index is 0.564. The highest BCUT2D eigenvalue weighted by atomic mass is 32.1. The zero-order valence-electron chi connectivity index (χ0n) is 11.1. The van der Waals surface area contributed by atoms with Crippen molar-refractivity contribution in [2.24, 2.45) is 0 Å². The fraction of sp³-hybridized carbons (Fsp3) is 0.714. The van der Waals surface area contributed by atoms with Gasteiger partial charge in [0.2, 0.25) is 0 Å². The third kappa shape index (κ3) is 3.91. The van der Waals surface area contributed by atoms with Crippen LogP contribution >= 0.6 is 11.3 Å². The summed E-state index contributed by atoms with van der Waals surface area (Å²) in [6.45, 7) is 6.69. The number of thiophene rings is 1. The summed E-state index contributed by atoms with van der Waals surface area (Å²) < 4.78 is 0. The second-order valence-electron chi connectivity index (χ2n) is 4.58. The smallest absolute Gasteiger partial charge is 0.0412 e. The van der Waals surface area contributed by atoms with Crippen LogP contribution in [-0.4, -0.2) is 7.05 Å². The molecule has 0 aliphatic heterocycles. The summed E-state index contributed by atoms with van der Waals surface area (Å²) in [7, 11) is 2.08. The molecular formula is C14H25NS. The highest BCUT2D eigenvalue weighted by molar-refractivity contribution is 7.12. The van der Waals surface area contributed by atoms with Crippen molar-refractivity contribution >= 4 is 11.3 Å². The van der Waals surface area contributed by atoms with E-state index >= 15 is 0 Å². The van der Waals surface area contributed by atoms with Crippen LogP contribution in [0, 0.1) is 13.8 Å². The Kier molecular flexibility index (Phi) is 6.07. The van der Waals surface area contributed by atoms with Gasteiger partial charge in [0.1, 0.15) is 0 Å². The molecule has 1 aromatic rings. The van der Waals surface area contributed by atoms with Gasteiger partial charge in [-0.3, -0.25) is 0 Å². The van der Waals surface area contributed by atoms with Crippen molar-refractivity contribution < 1.29 is 0 Å². The van der Waals surface area contributed by atoms with E-state index in [1.807, 2.05) is 11.3 Å². The molecule has 0 aliphatic carbocycles. The lowest BCUT2D eigenvalue weighted by molar-refractivity contribution is 0.511. The van der Waals surface area contributed by atoms with E-state index in [9.17, 15) is 0 Å². The number of rotatable bonds is 7. The Hall–Kier alpha value is -0.340. The first-order valence-corrected chi connectivity index (χ1v) is 7.24. The fourth-order valence-corrected chi connectivity index (χ4v) is 3.16. The van der Waals surface area contributed by atoms with Crippen LogP contribution in [0.4, 0.5) is 0 Å². The minimum absolute atomic E-state index is 0.564. The summed E-state index contributed by atoms with van der Waals surface area (Å²) in [4.78, 5) is 2.97. The molecule has 0 amide bonds. The van der Waals surface area contributed by atoms with Crippen LogP contribution in [-0.2, 0) is 0 Å². The second-order valence-corrected chi connectivity index (χ2v) is 5.87. The quantitative estimate of drug-likeness (QED) is 0.686. The molecule has 1 nitrogen and oxygen atoms in total. The first-order valence-electron chi connectivity index (χ1n) is 6.43. The van der Waals surface area contributed by atoms with E-state index in [1.54, 1.807) is 0 Å². The van der Waals surface area contributed by atoms with Crippen molar-refractivity contribution in [2.75, 3.05) is 7.05 Å². The monoisotopic (exact) mass is 239 g/mol. The van der Waals surface area contributed by atoms with E-state index in [0.717, 1.165) is 0 Å². The van der Waals surface area contributed by atoms with Gasteiger partial charge in [0.15, 0.2) is 0 Å². The predicted molar refractivity (Wildman–Crippen MR) is 74.4 cm³/mol.